The van der Waals surface area contributed by atoms with Gasteiger partial charge in [0, 0.05) is 25.1 Å². The minimum Gasteiger partial charge on any atom is -0.493 e. The van der Waals surface area contributed by atoms with Crippen molar-refractivity contribution in [2.75, 3.05) is 33.9 Å². The number of amides is 2. The first kappa shape index (κ1) is 31.1. The Hall–Kier alpha value is -5.51. The molecule has 3 aliphatic rings. The van der Waals surface area contributed by atoms with E-state index in [1.165, 1.54) is 0 Å². The zero-order chi connectivity index (χ0) is 33.2. The topological polar surface area (TPSA) is 115 Å². The summed E-state index contributed by atoms with van der Waals surface area (Å²) in [5, 5.41) is 2.99. The van der Waals surface area contributed by atoms with Crippen LogP contribution in [0, 0.1) is 6.92 Å². The maximum Gasteiger partial charge on any atom is 0.254 e. The number of nitrogens with one attached hydrogen (secondary N) is 2. The molecule has 10 heteroatoms. The van der Waals surface area contributed by atoms with Crippen LogP contribution in [0.1, 0.15) is 57.3 Å². The number of aryl methyl sites for hydroxylation is 2. The summed E-state index contributed by atoms with van der Waals surface area (Å²) in [6.07, 6.45) is 2.20. The van der Waals surface area contributed by atoms with Crippen molar-refractivity contribution in [1.82, 2.24) is 20.2 Å². The number of aromatic amines is 1. The lowest BCUT2D eigenvalue weighted by Crippen LogP contribution is -2.40. The minimum absolute atomic E-state index is 0.0197. The van der Waals surface area contributed by atoms with Crippen LogP contribution in [0.3, 0.4) is 0 Å². The number of hydrogen-bond acceptors (Lipinski definition) is 7. The number of imidazole rings is 1. The van der Waals surface area contributed by atoms with Crippen LogP contribution in [0.2, 0.25) is 0 Å². The first-order chi connectivity index (χ1) is 23.4. The maximum atomic E-state index is 14.4. The molecule has 3 aliphatic heterocycles. The summed E-state index contributed by atoms with van der Waals surface area (Å²) in [5.41, 5.74) is 6.06. The number of methoxy groups -OCH3 is 2. The second-order valence-corrected chi connectivity index (χ2v) is 12.1. The lowest BCUT2D eigenvalue weighted by atomic mass is 9.87. The predicted octanol–water partition coefficient (Wildman–Crippen LogP) is 6.30. The highest BCUT2D eigenvalue weighted by molar-refractivity contribution is 5.98. The molecule has 0 saturated heterocycles. The van der Waals surface area contributed by atoms with Gasteiger partial charge in [-0.3, -0.25) is 9.59 Å². The summed E-state index contributed by atoms with van der Waals surface area (Å²) in [4.78, 5) is 36.6. The molecule has 5 aromatic rings. The van der Waals surface area contributed by atoms with Crippen LogP contribution in [0.4, 0.5) is 0 Å². The fourth-order valence-electron chi connectivity index (χ4n) is 6.58. The summed E-state index contributed by atoms with van der Waals surface area (Å²) >= 11 is 0. The van der Waals surface area contributed by atoms with Crippen LogP contribution in [0.25, 0.3) is 11.0 Å². The first-order valence-corrected chi connectivity index (χ1v) is 16.2. The monoisotopic (exact) mass is 646 g/mol. The minimum atomic E-state index is -0.454. The molecule has 0 aliphatic carbocycles. The Morgan fingerprint density at radius 3 is 2.67 bits per heavy atom. The molecule has 2 amide bonds. The Labute approximate surface area is 279 Å². The van der Waals surface area contributed by atoms with Crippen molar-refractivity contribution in [2.24, 2.45) is 0 Å². The van der Waals surface area contributed by atoms with E-state index in [1.54, 1.807) is 14.2 Å². The van der Waals surface area contributed by atoms with Gasteiger partial charge in [0.05, 0.1) is 37.9 Å². The average Bonchev–Trinajstić information content (AvgIpc) is 3.48. The Morgan fingerprint density at radius 2 is 1.81 bits per heavy atom. The van der Waals surface area contributed by atoms with E-state index in [0.29, 0.717) is 79.7 Å². The van der Waals surface area contributed by atoms with Crippen molar-refractivity contribution >= 4 is 22.8 Å². The summed E-state index contributed by atoms with van der Waals surface area (Å²) < 4.78 is 24.2. The second kappa shape index (κ2) is 13.3. The molecule has 8 bridgehead atoms. The third kappa shape index (κ3) is 6.25. The van der Waals surface area contributed by atoms with E-state index in [-0.39, 0.29) is 11.8 Å². The number of carbonyl (C=O) groups is 2. The first-order valence-electron chi connectivity index (χ1n) is 16.2. The standard InChI is InChI=1S/C38H38N4O6/c1-23-40-30-11-9-27(19-31(30)41-23)38(44)42-16-14-25-20-35-33(46-3)22-29(25)37(42)26-10-12-32(45-2)34(21-26)47-17-5-15-39-36(43)13-8-24-6-4-7-28(18-24)48-35/h4,6-7,9-12,18-22,37H,5,8,13-17H2,1-3H3,(H,39,43)(H,40,41). The fourth-order valence-corrected chi connectivity index (χ4v) is 6.58. The number of rotatable bonds is 3. The number of benzene rings is 4. The van der Waals surface area contributed by atoms with Crippen molar-refractivity contribution in [2.45, 2.75) is 38.6 Å². The van der Waals surface area contributed by atoms with Crippen LogP contribution < -0.4 is 24.3 Å². The van der Waals surface area contributed by atoms with Gasteiger partial charge >= 0.3 is 0 Å². The lowest BCUT2D eigenvalue weighted by molar-refractivity contribution is -0.121. The van der Waals surface area contributed by atoms with Gasteiger partial charge < -0.3 is 34.1 Å². The zero-order valence-corrected chi connectivity index (χ0v) is 27.3. The highest BCUT2D eigenvalue weighted by Gasteiger charge is 2.35. The van der Waals surface area contributed by atoms with Gasteiger partial charge in [0.15, 0.2) is 23.0 Å². The van der Waals surface area contributed by atoms with E-state index in [2.05, 4.69) is 15.3 Å². The molecule has 2 N–H and O–H groups in total. The molecule has 8 rings (SSSR count). The van der Waals surface area contributed by atoms with Crippen molar-refractivity contribution in [3.05, 3.63) is 106 Å². The molecular weight excluding hydrogens is 608 g/mol. The molecule has 0 spiro atoms. The van der Waals surface area contributed by atoms with Gasteiger partial charge in [0.2, 0.25) is 5.91 Å². The molecule has 0 saturated carbocycles. The maximum absolute atomic E-state index is 14.4. The molecule has 246 valence electrons. The number of H-pyrrole nitrogens is 1. The molecule has 48 heavy (non-hydrogen) atoms. The largest absolute Gasteiger partial charge is 0.493 e. The number of fused-ring (bicyclic) bond motifs is 9. The summed E-state index contributed by atoms with van der Waals surface area (Å²) in [5.74, 6) is 3.61. The quantitative estimate of drug-likeness (QED) is 0.237. The van der Waals surface area contributed by atoms with E-state index in [0.717, 1.165) is 39.1 Å². The summed E-state index contributed by atoms with van der Waals surface area (Å²) in [7, 11) is 3.22. The van der Waals surface area contributed by atoms with Crippen molar-refractivity contribution in [1.29, 1.82) is 0 Å². The van der Waals surface area contributed by atoms with Gasteiger partial charge in [-0.25, -0.2) is 4.98 Å². The zero-order valence-electron chi connectivity index (χ0n) is 27.3. The smallest absolute Gasteiger partial charge is 0.254 e. The molecule has 1 unspecified atom stereocenters. The van der Waals surface area contributed by atoms with Gasteiger partial charge in [-0.1, -0.05) is 18.2 Å². The highest BCUT2D eigenvalue weighted by atomic mass is 16.5. The van der Waals surface area contributed by atoms with Crippen LogP contribution in [-0.2, 0) is 17.6 Å². The number of nitrogens with zero attached hydrogens (tertiary/aromatic N) is 2. The van der Waals surface area contributed by atoms with Crippen LogP contribution in [-0.4, -0.2) is 60.6 Å². The molecule has 1 atom stereocenters. The van der Waals surface area contributed by atoms with Gasteiger partial charge in [-0.2, -0.15) is 0 Å². The molecule has 1 aromatic heterocycles. The van der Waals surface area contributed by atoms with Crippen molar-refractivity contribution in [3.63, 3.8) is 0 Å². The highest BCUT2D eigenvalue weighted by Crippen LogP contribution is 2.44. The van der Waals surface area contributed by atoms with Gasteiger partial charge in [0.25, 0.3) is 5.91 Å². The Bertz CT molecular complexity index is 2000. The molecule has 4 aromatic carbocycles. The van der Waals surface area contributed by atoms with Gasteiger partial charge in [-0.05, 0) is 103 Å². The molecular formula is C38H38N4O6. The molecule has 10 nitrogen and oxygen atoms in total. The number of ether oxygens (including phenoxy) is 4. The molecule has 0 fully saturated rings. The molecule has 4 heterocycles. The SMILES string of the molecule is COc1ccc2cc1OCCCNC(=O)CCc1cccc(c1)Oc1cc3c(cc1OC)C2N(C(=O)c1ccc2nc(C)[nH]c2c1)CC3. The predicted molar refractivity (Wildman–Crippen MR) is 181 cm³/mol. The number of aromatic nitrogens is 2. The average molecular weight is 647 g/mol. The summed E-state index contributed by atoms with van der Waals surface area (Å²) in [6, 6.07) is 22.7. The van der Waals surface area contributed by atoms with E-state index in [4.69, 9.17) is 18.9 Å². The van der Waals surface area contributed by atoms with Gasteiger partial charge in [0.1, 0.15) is 11.6 Å². The Balaban J connectivity index is 1.34. The van der Waals surface area contributed by atoms with Crippen molar-refractivity contribution < 1.29 is 28.5 Å². The Kier molecular flexibility index (Phi) is 8.63. The summed E-state index contributed by atoms with van der Waals surface area (Å²) in [6.45, 7) is 3.25. The van der Waals surface area contributed by atoms with Crippen LogP contribution >= 0.6 is 0 Å². The van der Waals surface area contributed by atoms with Gasteiger partial charge in [-0.15, -0.1) is 0 Å². The van der Waals surface area contributed by atoms with Crippen LogP contribution in [0.15, 0.2) is 72.8 Å². The third-order valence-electron chi connectivity index (χ3n) is 8.93. The second-order valence-electron chi connectivity index (χ2n) is 12.1. The van der Waals surface area contributed by atoms with E-state index < -0.39 is 6.04 Å². The lowest BCUT2D eigenvalue weighted by Gasteiger charge is -2.38. The normalized spacial score (nSPS) is 16.4. The number of hydrogen-bond donors (Lipinski definition) is 2. The fraction of sp³-hybridized carbons (Fsp3) is 0.289. The van der Waals surface area contributed by atoms with E-state index in [9.17, 15) is 9.59 Å². The van der Waals surface area contributed by atoms with E-state index >= 15 is 0 Å². The van der Waals surface area contributed by atoms with Crippen molar-refractivity contribution in [3.8, 4) is 28.7 Å². The van der Waals surface area contributed by atoms with E-state index in [1.807, 2.05) is 84.6 Å². The van der Waals surface area contributed by atoms with Crippen LogP contribution in [0.5, 0.6) is 28.7 Å². The Morgan fingerprint density at radius 1 is 0.938 bits per heavy atom. The molecule has 0 radical (unpaired) electrons. The number of carbonyl (C=O) groups excluding carboxylic acids is 2. The third-order valence-corrected chi connectivity index (χ3v) is 8.93.